The van der Waals surface area contributed by atoms with Crippen molar-refractivity contribution < 1.29 is 24.4 Å². The number of aromatic nitrogens is 2. The first-order valence-electron chi connectivity index (χ1n) is 5.76. The van der Waals surface area contributed by atoms with E-state index in [1.165, 1.54) is 0 Å². The molecule has 1 unspecified atom stereocenters. The second-order valence-corrected chi connectivity index (χ2v) is 4.38. The van der Waals surface area contributed by atoms with Crippen LogP contribution in [0.5, 0.6) is 0 Å². The van der Waals surface area contributed by atoms with E-state index in [9.17, 15) is 24.5 Å². The first-order chi connectivity index (χ1) is 9.60. The summed E-state index contributed by atoms with van der Waals surface area (Å²) in [5.74, 6) is -0.146. The van der Waals surface area contributed by atoms with Gasteiger partial charge in [-0.2, -0.15) is 4.98 Å². The average molecular weight is 302 g/mol. The van der Waals surface area contributed by atoms with Crippen molar-refractivity contribution in [3.05, 3.63) is 22.7 Å². The molecule has 1 aromatic rings. The van der Waals surface area contributed by atoms with Crippen LogP contribution in [0.3, 0.4) is 0 Å². The van der Waals surface area contributed by atoms with Gasteiger partial charge in [-0.25, -0.2) is 9.18 Å². The third-order valence-electron chi connectivity index (χ3n) is 3.15. The summed E-state index contributed by atoms with van der Waals surface area (Å²) >= 11 is 0. The number of aliphatic hydroxyl groups excluding tert-OH is 1. The van der Waals surface area contributed by atoms with Gasteiger partial charge in [0, 0.05) is 19.9 Å². The van der Waals surface area contributed by atoms with Crippen LogP contribution in [-0.4, -0.2) is 63.8 Å². The molecular formula is C10H16BFN4O5. The van der Waals surface area contributed by atoms with Crippen molar-refractivity contribution in [2.75, 3.05) is 19.4 Å². The zero-order valence-corrected chi connectivity index (χ0v) is 11.2. The average Bonchev–Trinajstić information content (AvgIpc) is 2.38. The van der Waals surface area contributed by atoms with Crippen LogP contribution in [0.2, 0.25) is 0 Å². The summed E-state index contributed by atoms with van der Waals surface area (Å²) in [5, 5.41) is 29.0. The van der Waals surface area contributed by atoms with Gasteiger partial charge in [0.15, 0.2) is 13.4 Å². The van der Waals surface area contributed by atoms with Crippen molar-refractivity contribution in [1.82, 2.24) is 9.55 Å². The molecule has 7 N–H and O–H groups in total. The molecule has 0 spiro atoms. The molecule has 9 nitrogen and oxygen atoms in total. The SMILES string of the molecule is [B]C(O)(O)C(CN)(OC)[C@@H](O)[C@@H](F)n1ccc(N)nc1=O. The molecule has 0 aliphatic rings. The maximum Gasteiger partial charge on any atom is 0.351 e. The van der Waals surface area contributed by atoms with E-state index in [1.54, 1.807) is 0 Å². The molecule has 0 amide bonds. The van der Waals surface area contributed by atoms with Crippen LogP contribution in [0.4, 0.5) is 10.2 Å². The third-order valence-corrected chi connectivity index (χ3v) is 3.15. The van der Waals surface area contributed by atoms with Crippen LogP contribution in [-0.2, 0) is 4.74 Å². The Labute approximate surface area is 120 Å². The number of methoxy groups -OCH3 is 1. The molecule has 0 aromatic carbocycles. The molecule has 1 aromatic heterocycles. The molecule has 3 atom stereocenters. The molecule has 21 heavy (non-hydrogen) atoms. The first-order valence-corrected chi connectivity index (χ1v) is 5.76. The van der Waals surface area contributed by atoms with E-state index in [-0.39, 0.29) is 5.82 Å². The molecule has 0 bridgehead atoms. The number of aliphatic hydroxyl groups is 3. The van der Waals surface area contributed by atoms with E-state index < -0.39 is 35.9 Å². The summed E-state index contributed by atoms with van der Waals surface area (Å²) in [6.07, 6.45) is -3.81. The van der Waals surface area contributed by atoms with Crippen molar-refractivity contribution in [1.29, 1.82) is 0 Å². The fraction of sp³-hybridized carbons (Fsp3) is 0.600. The molecule has 1 rings (SSSR count). The zero-order valence-electron chi connectivity index (χ0n) is 11.2. The summed E-state index contributed by atoms with van der Waals surface area (Å²) in [5.41, 5.74) is 3.83. The Morgan fingerprint density at radius 3 is 2.57 bits per heavy atom. The smallest absolute Gasteiger partial charge is 0.351 e. The van der Waals surface area contributed by atoms with E-state index in [0.29, 0.717) is 4.57 Å². The molecule has 0 fully saturated rings. The van der Waals surface area contributed by atoms with Gasteiger partial charge in [-0.15, -0.1) is 0 Å². The van der Waals surface area contributed by atoms with Gasteiger partial charge >= 0.3 is 5.69 Å². The molecule has 11 heteroatoms. The highest BCUT2D eigenvalue weighted by Crippen LogP contribution is 2.31. The summed E-state index contributed by atoms with van der Waals surface area (Å²) < 4.78 is 19.4. The Balaban J connectivity index is 3.27. The third kappa shape index (κ3) is 3.06. The number of alkyl halides is 1. The minimum Gasteiger partial charge on any atom is -0.385 e. The van der Waals surface area contributed by atoms with Gasteiger partial charge in [0.25, 0.3) is 0 Å². The highest BCUT2D eigenvalue weighted by Gasteiger charge is 2.54. The minimum atomic E-state index is -3.16. The minimum absolute atomic E-state index is 0.146. The van der Waals surface area contributed by atoms with Crippen molar-refractivity contribution >= 4 is 13.7 Å². The predicted octanol–water partition coefficient (Wildman–Crippen LogP) is -3.19. The lowest BCUT2D eigenvalue weighted by molar-refractivity contribution is -0.273. The van der Waals surface area contributed by atoms with Crippen LogP contribution < -0.4 is 17.2 Å². The summed E-state index contributed by atoms with van der Waals surface area (Å²) in [4.78, 5) is 14.8. The topological polar surface area (TPSA) is 157 Å². The first kappa shape index (κ1) is 17.5. The highest BCUT2D eigenvalue weighted by atomic mass is 19.1. The fourth-order valence-corrected chi connectivity index (χ4v) is 1.83. The number of anilines is 1. The van der Waals surface area contributed by atoms with Gasteiger partial charge in [0.1, 0.15) is 17.6 Å². The van der Waals surface area contributed by atoms with Crippen molar-refractivity contribution in [2.45, 2.75) is 23.7 Å². The number of hydrogen-bond acceptors (Lipinski definition) is 8. The largest absolute Gasteiger partial charge is 0.385 e. The molecule has 2 radical (unpaired) electrons. The molecule has 116 valence electrons. The van der Waals surface area contributed by atoms with Crippen molar-refractivity contribution in [3.8, 4) is 0 Å². The molecule has 0 aliphatic carbocycles. The molecule has 0 saturated carbocycles. The normalized spacial score (nSPS) is 18.0. The van der Waals surface area contributed by atoms with E-state index in [1.807, 2.05) is 0 Å². The summed E-state index contributed by atoms with van der Waals surface area (Å²) in [7, 11) is 6.02. The van der Waals surface area contributed by atoms with Crippen molar-refractivity contribution in [2.24, 2.45) is 5.73 Å². The van der Waals surface area contributed by atoms with Gasteiger partial charge < -0.3 is 31.5 Å². The maximum atomic E-state index is 14.3. The van der Waals surface area contributed by atoms with E-state index >= 15 is 0 Å². The maximum absolute atomic E-state index is 14.3. The van der Waals surface area contributed by atoms with Crippen LogP contribution in [0.15, 0.2) is 17.1 Å². The van der Waals surface area contributed by atoms with E-state index in [0.717, 1.165) is 19.4 Å². The van der Waals surface area contributed by atoms with Crippen LogP contribution in [0, 0.1) is 0 Å². The monoisotopic (exact) mass is 302 g/mol. The number of ether oxygens (including phenoxy) is 1. The number of halogens is 1. The van der Waals surface area contributed by atoms with Crippen LogP contribution in [0.25, 0.3) is 0 Å². The second kappa shape index (κ2) is 6.07. The van der Waals surface area contributed by atoms with Gasteiger partial charge in [-0.1, -0.05) is 0 Å². The molecular weight excluding hydrogens is 286 g/mol. The Kier molecular flexibility index (Phi) is 5.07. The lowest BCUT2D eigenvalue weighted by Crippen LogP contribution is -2.68. The Bertz CT molecular complexity index is 545. The molecule has 0 saturated heterocycles. The van der Waals surface area contributed by atoms with Crippen LogP contribution in [0.1, 0.15) is 6.30 Å². The number of hydrogen-bond donors (Lipinski definition) is 5. The molecule has 1 heterocycles. The highest BCUT2D eigenvalue weighted by molar-refractivity contribution is 6.14. The van der Waals surface area contributed by atoms with E-state index in [4.69, 9.17) is 24.1 Å². The van der Waals surface area contributed by atoms with Crippen LogP contribution >= 0.6 is 0 Å². The predicted molar refractivity (Wildman–Crippen MR) is 70.8 cm³/mol. The van der Waals surface area contributed by atoms with Crippen molar-refractivity contribution in [3.63, 3.8) is 0 Å². The van der Waals surface area contributed by atoms with Gasteiger partial charge in [-0.3, -0.25) is 4.57 Å². The Morgan fingerprint density at radius 1 is 1.62 bits per heavy atom. The Hall–Kier alpha value is -1.53. The number of nitrogens with zero attached hydrogens (tertiary/aromatic N) is 2. The standard InChI is InChI=1S/C10H16BFN4O5/c1-21-9(4-13,10(11,19)20)6(17)7(12)16-3-2-5(14)15-8(16)18/h2-3,6-7,17,19-20H,4,13H2,1H3,(H2,14,15,18)/t6-,7-,9?/m0/s1. The number of rotatable bonds is 6. The molecule has 0 aliphatic heterocycles. The van der Waals surface area contributed by atoms with Gasteiger partial charge in [0.2, 0.25) is 6.30 Å². The lowest BCUT2D eigenvalue weighted by Gasteiger charge is -2.44. The second-order valence-electron chi connectivity index (χ2n) is 4.38. The number of nitrogens with two attached hydrogens (primary N) is 2. The summed E-state index contributed by atoms with van der Waals surface area (Å²) in [6, 6.07) is 1.12. The fourth-order valence-electron chi connectivity index (χ4n) is 1.83. The zero-order chi connectivity index (χ0) is 16.4. The van der Waals surface area contributed by atoms with Gasteiger partial charge in [-0.05, 0) is 6.07 Å². The quantitative estimate of drug-likeness (QED) is 0.272. The van der Waals surface area contributed by atoms with E-state index in [2.05, 4.69) is 4.98 Å². The summed E-state index contributed by atoms with van der Waals surface area (Å²) in [6.45, 7) is -0.744. The van der Waals surface area contributed by atoms with Gasteiger partial charge in [0.05, 0.1) is 0 Å². The Morgan fingerprint density at radius 2 is 2.19 bits per heavy atom. The lowest BCUT2D eigenvalue weighted by atomic mass is 9.74. The number of nitrogen functional groups attached to an aromatic ring is 1.